The molecule has 0 unspecified atom stereocenters. The van der Waals surface area contributed by atoms with Gasteiger partial charge in [0.05, 0.1) is 17.9 Å². The van der Waals surface area contributed by atoms with Crippen LogP contribution in [0.2, 0.25) is 0 Å². The lowest BCUT2D eigenvalue weighted by Crippen LogP contribution is -2.45. The van der Waals surface area contributed by atoms with E-state index in [9.17, 15) is 9.59 Å². The lowest BCUT2D eigenvalue weighted by Gasteiger charge is -2.14. The van der Waals surface area contributed by atoms with Gasteiger partial charge in [0.15, 0.2) is 29.0 Å². The fourth-order valence-corrected chi connectivity index (χ4v) is 4.94. The zero-order valence-corrected chi connectivity index (χ0v) is 26.5. The molecular weight excluding hydrogens is 636 g/mol. The molecule has 2 amide bonds. The van der Waals surface area contributed by atoms with Crippen LogP contribution in [-0.2, 0) is 11.2 Å². The minimum atomic E-state index is -1.16. The molecule has 3 aromatic heterocycles. The Morgan fingerprint density at radius 2 is 1.80 bits per heavy atom. The quantitative estimate of drug-likeness (QED) is 0.0521. The third-order valence-electron chi connectivity index (χ3n) is 7.41. The molecule has 0 saturated carbocycles. The average molecular weight is 672 g/mol. The summed E-state index contributed by atoms with van der Waals surface area (Å²) in [5.41, 5.74) is 13.5. The highest BCUT2D eigenvalue weighted by Crippen LogP contribution is 2.33. The number of pyridine rings is 1. The molecule has 254 valence electrons. The van der Waals surface area contributed by atoms with Crippen LogP contribution < -0.4 is 37.5 Å². The van der Waals surface area contributed by atoms with Crippen LogP contribution in [0.15, 0.2) is 73.3 Å². The van der Waals surface area contributed by atoms with E-state index in [-0.39, 0.29) is 48.1 Å². The summed E-state index contributed by atoms with van der Waals surface area (Å²) in [6.07, 6.45) is 6.84. The van der Waals surface area contributed by atoms with Crippen LogP contribution in [0.3, 0.4) is 0 Å². The third kappa shape index (κ3) is 8.23. The van der Waals surface area contributed by atoms with Crippen LogP contribution in [0, 0.1) is 17.0 Å². The van der Waals surface area contributed by atoms with E-state index < -0.39 is 17.7 Å². The number of halogens is 2. The Balaban J connectivity index is 1.24. The van der Waals surface area contributed by atoms with Crippen LogP contribution >= 0.6 is 0 Å². The number of rotatable bonds is 14. The maximum absolute atomic E-state index is 15.3. The van der Waals surface area contributed by atoms with E-state index in [1.54, 1.807) is 34.9 Å². The number of aryl methyl sites for hydroxylation is 1. The number of nitrogens with one attached hydrogen (secondary N) is 5. The predicted octanol–water partition coefficient (Wildman–Crippen LogP) is 3.21. The second-order valence-corrected chi connectivity index (χ2v) is 10.8. The first-order valence-corrected chi connectivity index (χ1v) is 15.3. The molecule has 3 heterocycles. The Bertz CT molecular complexity index is 1970. The van der Waals surface area contributed by atoms with Crippen LogP contribution in [0.25, 0.3) is 16.9 Å². The van der Waals surface area contributed by atoms with Crippen molar-refractivity contribution in [1.29, 1.82) is 5.41 Å². The molecule has 0 aliphatic carbocycles. The predicted molar refractivity (Wildman–Crippen MR) is 180 cm³/mol. The number of aromatic nitrogens is 4. The van der Waals surface area contributed by atoms with Gasteiger partial charge in [-0.25, -0.2) is 19.3 Å². The number of carbonyl (C=O) groups is 2. The highest BCUT2D eigenvalue weighted by Gasteiger charge is 2.21. The number of carbonyl (C=O) groups excluding carboxylic acids is 2. The van der Waals surface area contributed by atoms with E-state index in [1.807, 2.05) is 13.0 Å². The molecule has 14 nitrogen and oxygen atoms in total. The highest BCUT2D eigenvalue weighted by atomic mass is 19.2. The lowest BCUT2D eigenvalue weighted by molar-refractivity contribution is -0.122. The molecule has 0 spiro atoms. The molecule has 5 aromatic rings. The van der Waals surface area contributed by atoms with E-state index in [1.165, 1.54) is 36.8 Å². The van der Waals surface area contributed by atoms with E-state index >= 15 is 8.78 Å². The molecule has 0 saturated heterocycles. The number of hydrogen-bond acceptors (Lipinski definition) is 9. The van der Waals surface area contributed by atoms with Gasteiger partial charge in [-0.3, -0.25) is 19.4 Å². The van der Waals surface area contributed by atoms with Gasteiger partial charge in [0.25, 0.3) is 5.91 Å². The number of benzene rings is 2. The Kier molecular flexibility index (Phi) is 10.9. The summed E-state index contributed by atoms with van der Waals surface area (Å²) in [4.78, 5) is 37.9. The second kappa shape index (κ2) is 15.6. The van der Waals surface area contributed by atoms with Gasteiger partial charge >= 0.3 is 0 Å². The number of nitrogens with zero attached hydrogens (tertiary/aromatic N) is 4. The first kappa shape index (κ1) is 34.2. The smallest absolute Gasteiger partial charge is 0.251 e. The zero-order valence-electron chi connectivity index (χ0n) is 26.5. The fourth-order valence-electron chi connectivity index (χ4n) is 4.94. The molecule has 0 fully saturated rings. The van der Waals surface area contributed by atoms with E-state index in [0.717, 1.165) is 5.56 Å². The number of hydrogen-bond donors (Lipinski definition) is 7. The summed E-state index contributed by atoms with van der Waals surface area (Å²) in [6, 6.07) is 12.0. The number of guanidine groups is 1. The van der Waals surface area contributed by atoms with Gasteiger partial charge in [-0.15, -0.1) is 0 Å². The van der Waals surface area contributed by atoms with Gasteiger partial charge in [0, 0.05) is 61.1 Å². The third-order valence-corrected chi connectivity index (χ3v) is 7.41. The van der Waals surface area contributed by atoms with Crippen LogP contribution in [0.4, 0.5) is 20.3 Å². The van der Waals surface area contributed by atoms with Gasteiger partial charge in [0.2, 0.25) is 17.6 Å². The van der Waals surface area contributed by atoms with Crippen LogP contribution in [0.1, 0.15) is 29.3 Å². The number of imidazole rings is 1. The maximum atomic E-state index is 15.3. The Morgan fingerprint density at radius 1 is 0.980 bits per heavy atom. The van der Waals surface area contributed by atoms with Gasteiger partial charge < -0.3 is 37.5 Å². The van der Waals surface area contributed by atoms with Crippen molar-refractivity contribution in [2.45, 2.75) is 25.8 Å². The molecule has 9 N–H and O–H groups in total. The summed E-state index contributed by atoms with van der Waals surface area (Å²) in [7, 11) is 0. The van der Waals surface area contributed by atoms with Crippen molar-refractivity contribution in [2.24, 2.45) is 11.5 Å². The monoisotopic (exact) mass is 671 g/mol. The minimum Gasteiger partial charge on any atom is -0.436 e. The first-order valence-electron chi connectivity index (χ1n) is 15.3. The molecular formula is C33H35F2N11O3. The standard InChI is InChI=1S/C33H35F2N11O3/c1-2-19-17-20(6-7-21(19)31(47)41-13-14-42-32(48)23(36)10-12-43-33(37)38)45-29-30-44-18-24(46(30)16-15-40-29)22-8-9-25(28(35)27(22)34)49-26-5-3-4-11-39-26/h3-9,11,15-18,23H,2,10,12-14,36H2,1H3,(H,40,45)(H,41,47)(H,42,48)(H4,37,38,43)/t23-/m1/s1. The summed E-state index contributed by atoms with van der Waals surface area (Å²) >= 11 is 0. The molecule has 16 heteroatoms. The van der Waals surface area contributed by atoms with Crippen molar-refractivity contribution in [1.82, 2.24) is 35.3 Å². The van der Waals surface area contributed by atoms with Crippen molar-refractivity contribution in [2.75, 3.05) is 25.0 Å². The summed E-state index contributed by atoms with van der Waals surface area (Å²) in [5.74, 6) is -2.96. The minimum absolute atomic E-state index is 0.0245. The van der Waals surface area contributed by atoms with Gasteiger partial charge in [-0.1, -0.05) is 13.0 Å². The van der Waals surface area contributed by atoms with Crippen molar-refractivity contribution in [3.63, 3.8) is 0 Å². The topological polar surface area (TPSA) is 210 Å². The van der Waals surface area contributed by atoms with E-state index in [0.29, 0.717) is 47.8 Å². The van der Waals surface area contributed by atoms with Crippen molar-refractivity contribution < 1.29 is 23.1 Å². The Labute approximate surface area is 279 Å². The van der Waals surface area contributed by atoms with Crippen LogP contribution in [-0.4, -0.2) is 62.8 Å². The zero-order chi connectivity index (χ0) is 34.9. The Hall–Kier alpha value is -6.16. The Morgan fingerprint density at radius 3 is 2.55 bits per heavy atom. The molecule has 2 aromatic carbocycles. The number of nitrogens with two attached hydrogens (primary N) is 2. The number of fused-ring (bicyclic) bond motifs is 1. The number of ether oxygens (including phenoxy) is 1. The van der Waals surface area contributed by atoms with Gasteiger partial charge in [-0.05, 0) is 54.8 Å². The van der Waals surface area contributed by atoms with E-state index in [4.69, 9.17) is 21.6 Å². The molecule has 1 atom stereocenters. The number of anilines is 2. The van der Waals surface area contributed by atoms with E-state index in [2.05, 4.69) is 36.2 Å². The lowest BCUT2D eigenvalue weighted by atomic mass is 10.0. The maximum Gasteiger partial charge on any atom is 0.251 e. The summed E-state index contributed by atoms with van der Waals surface area (Å²) in [6.45, 7) is 2.57. The second-order valence-electron chi connectivity index (χ2n) is 10.8. The summed E-state index contributed by atoms with van der Waals surface area (Å²) in [5, 5.41) is 18.4. The molecule has 0 aliphatic rings. The van der Waals surface area contributed by atoms with Gasteiger partial charge in [-0.2, -0.15) is 4.39 Å². The molecule has 5 rings (SSSR count). The first-order chi connectivity index (χ1) is 23.7. The largest absolute Gasteiger partial charge is 0.436 e. The molecule has 0 radical (unpaired) electrons. The van der Waals surface area contributed by atoms with Crippen molar-refractivity contribution in [3.05, 3.63) is 96.1 Å². The average Bonchev–Trinajstić information content (AvgIpc) is 3.53. The summed E-state index contributed by atoms with van der Waals surface area (Å²) < 4.78 is 37.3. The normalized spacial score (nSPS) is 11.5. The van der Waals surface area contributed by atoms with Gasteiger partial charge in [0.1, 0.15) is 0 Å². The van der Waals surface area contributed by atoms with Crippen molar-refractivity contribution >= 4 is 34.9 Å². The molecule has 0 aliphatic heterocycles. The van der Waals surface area contributed by atoms with Crippen molar-refractivity contribution in [3.8, 4) is 22.9 Å². The SMILES string of the molecule is CCc1cc(Nc2nccn3c(-c4ccc(Oc5ccccn5)c(F)c4F)cnc23)ccc1C(=O)NCCNC(=O)[C@H](N)CCNC(=N)N. The highest BCUT2D eigenvalue weighted by molar-refractivity contribution is 5.96. The fraction of sp³-hybridized carbons (Fsp3) is 0.212. The van der Waals surface area contributed by atoms with Crippen LogP contribution in [0.5, 0.6) is 11.6 Å². The molecule has 49 heavy (non-hydrogen) atoms. The number of amides is 2. The molecule has 0 bridgehead atoms.